The zero-order valence-corrected chi connectivity index (χ0v) is 11.5. The van der Waals surface area contributed by atoms with Crippen molar-refractivity contribution >= 4 is 23.0 Å². The van der Waals surface area contributed by atoms with Gasteiger partial charge >= 0.3 is 0 Å². The van der Waals surface area contributed by atoms with Crippen molar-refractivity contribution in [2.45, 2.75) is 32.7 Å². The Balaban J connectivity index is 2.21. The number of aromatic nitrogens is 2. The fourth-order valence-electron chi connectivity index (χ4n) is 1.84. The Hall–Kier alpha value is -1.62. The summed E-state index contributed by atoms with van der Waals surface area (Å²) >= 11 is 1.76. The van der Waals surface area contributed by atoms with Gasteiger partial charge in [0.25, 0.3) is 0 Å². The zero-order valence-electron chi connectivity index (χ0n) is 10.7. The predicted molar refractivity (Wildman–Crippen MR) is 76.8 cm³/mol. The number of nitrogens with zero attached hydrogens (tertiary/aromatic N) is 2. The molecule has 0 aliphatic rings. The summed E-state index contributed by atoms with van der Waals surface area (Å²) < 4.78 is 0. The van der Waals surface area contributed by atoms with Crippen LogP contribution in [0.25, 0.3) is 0 Å². The minimum Gasteiger partial charge on any atom is -0.383 e. The third-order valence-electron chi connectivity index (χ3n) is 2.90. The topological polar surface area (TPSA) is 63.8 Å². The molecule has 0 bridgehead atoms. The molecule has 5 heteroatoms. The first-order valence-electron chi connectivity index (χ1n) is 6.09. The molecule has 96 valence electrons. The molecule has 0 aliphatic carbocycles. The Morgan fingerprint density at radius 2 is 2.28 bits per heavy atom. The van der Waals surface area contributed by atoms with Crippen LogP contribution in [0.2, 0.25) is 0 Å². The van der Waals surface area contributed by atoms with Gasteiger partial charge in [0.15, 0.2) is 0 Å². The molecule has 0 amide bonds. The van der Waals surface area contributed by atoms with Crippen molar-refractivity contribution in [2.24, 2.45) is 0 Å². The van der Waals surface area contributed by atoms with Gasteiger partial charge in [-0.1, -0.05) is 19.4 Å². The van der Waals surface area contributed by atoms with E-state index in [1.165, 1.54) is 11.2 Å². The first kappa shape index (κ1) is 12.8. The van der Waals surface area contributed by atoms with Crippen molar-refractivity contribution in [1.29, 1.82) is 0 Å². The molecule has 0 aliphatic heterocycles. The molecule has 2 heterocycles. The van der Waals surface area contributed by atoms with Crippen molar-refractivity contribution in [3.63, 3.8) is 0 Å². The molecular formula is C13H18N4S. The highest BCUT2D eigenvalue weighted by Gasteiger charge is 2.14. The third-order valence-corrected chi connectivity index (χ3v) is 3.88. The zero-order chi connectivity index (χ0) is 13.0. The van der Waals surface area contributed by atoms with Crippen molar-refractivity contribution < 1.29 is 0 Å². The Bertz CT molecular complexity index is 496. The van der Waals surface area contributed by atoms with Gasteiger partial charge < -0.3 is 11.1 Å². The number of hydrogen-bond donors (Lipinski definition) is 2. The van der Waals surface area contributed by atoms with E-state index in [9.17, 15) is 0 Å². The van der Waals surface area contributed by atoms with Crippen LogP contribution in [0.5, 0.6) is 0 Å². The first-order valence-corrected chi connectivity index (χ1v) is 6.97. The van der Waals surface area contributed by atoms with Crippen LogP contribution in [-0.2, 0) is 0 Å². The van der Waals surface area contributed by atoms with Gasteiger partial charge in [0.05, 0.1) is 6.04 Å². The second-order valence-corrected chi connectivity index (χ2v) is 5.21. The highest BCUT2D eigenvalue weighted by molar-refractivity contribution is 7.10. The number of nitrogen functional groups attached to an aromatic ring is 1. The summed E-state index contributed by atoms with van der Waals surface area (Å²) in [6.07, 6.45) is 3.70. The van der Waals surface area contributed by atoms with E-state index in [2.05, 4.69) is 39.7 Å². The maximum Gasteiger partial charge on any atom is 0.134 e. The summed E-state index contributed by atoms with van der Waals surface area (Å²) in [5.41, 5.74) is 6.71. The van der Waals surface area contributed by atoms with E-state index in [-0.39, 0.29) is 0 Å². The minimum atomic E-state index is 0.294. The fourth-order valence-corrected chi connectivity index (χ4v) is 2.65. The average molecular weight is 262 g/mol. The van der Waals surface area contributed by atoms with Crippen LogP contribution >= 0.6 is 11.3 Å². The lowest BCUT2D eigenvalue weighted by molar-refractivity contribution is 0.683. The van der Waals surface area contributed by atoms with E-state index >= 15 is 0 Å². The molecule has 0 aromatic carbocycles. The molecule has 0 saturated heterocycles. The first-order chi connectivity index (χ1) is 8.72. The summed E-state index contributed by atoms with van der Waals surface area (Å²) in [6, 6.07) is 4.52. The number of hydrogen-bond acceptors (Lipinski definition) is 5. The fraction of sp³-hybridized carbons (Fsp3) is 0.385. The predicted octanol–water partition coefficient (Wildman–Crippen LogP) is 3.38. The van der Waals surface area contributed by atoms with Crippen molar-refractivity contribution in [2.75, 3.05) is 11.1 Å². The second kappa shape index (κ2) is 5.82. The molecule has 3 N–H and O–H groups in total. The van der Waals surface area contributed by atoms with Gasteiger partial charge in [0.2, 0.25) is 0 Å². The van der Waals surface area contributed by atoms with Gasteiger partial charge in [-0.05, 0) is 24.8 Å². The van der Waals surface area contributed by atoms with Gasteiger partial charge in [-0.2, -0.15) is 0 Å². The molecule has 4 nitrogen and oxygen atoms in total. The van der Waals surface area contributed by atoms with Crippen molar-refractivity contribution in [3.05, 3.63) is 34.3 Å². The van der Waals surface area contributed by atoms with Gasteiger partial charge in [0.1, 0.15) is 18.0 Å². The van der Waals surface area contributed by atoms with E-state index in [0.29, 0.717) is 11.9 Å². The van der Waals surface area contributed by atoms with Gasteiger partial charge in [0, 0.05) is 10.4 Å². The molecule has 0 fully saturated rings. The quantitative estimate of drug-likeness (QED) is 0.867. The Morgan fingerprint density at radius 3 is 2.94 bits per heavy atom. The molecule has 0 saturated carbocycles. The number of thiophene rings is 1. The molecule has 18 heavy (non-hydrogen) atoms. The van der Waals surface area contributed by atoms with Crippen LogP contribution in [0.4, 0.5) is 11.6 Å². The lowest BCUT2D eigenvalue weighted by Gasteiger charge is -2.18. The van der Waals surface area contributed by atoms with Crippen LogP contribution < -0.4 is 11.1 Å². The van der Waals surface area contributed by atoms with Gasteiger partial charge in [-0.25, -0.2) is 9.97 Å². The minimum absolute atomic E-state index is 0.294. The molecule has 1 unspecified atom stereocenters. The molecule has 0 radical (unpaired) electrons. The number of anilines is 2. The van der Waals surface area contributed by atoms with Crippen LogP contribution in [0, 0.1) is 6.92 Å². The van der Waals surface area contributed by atoms with Crippen LogP contribution in [0.1, 0.15) is 36.2 Å². The second-order valence-electron chi connectivity index (χ2n) is 4.23. The maximum atomic E-state index is 5.80. The smallest absolute Gasteiger partial charge is 0.134 e. The maximum absolute atomic E-state index is 5.80. The van der Waals surface area contributed by atoms with Gasteiger partial charge in [-0.15, -0.1) is 11.3 Å². The molecule has 2 aromatic rings. The van der Waals surface area contributed by atoms with Crippen LogP contribution in [0.3, 0.4) is 0 Å². The van der Waals surface area contributed by atoms with E-state index in [4.69, 9.17) is 5.73 Å². The summed E-state index contributed by atoms with van der Waals surface area (Å²) in [5, 5.41) is 5.57. The van der Waals surface area contributed by atoms with Crippen molar-refractivity contribution in [3.8, 4) is 0 Å². The molecule has 2 rings (SSSR count). The van der Waals surface area contributed by atoms with Crippen LogP contribution in [-0.4, -0.2) is 9.97 Å². The number of rotatable bonds is 5. The Morgan fingerprint density at radius 1 is 1.44 bits per heavy atom. The Kier molecular flexibility index (Phi) is 4.15. The Labute approximate surface area is 111 Å². The van der Waals surface area contributed by atoms with E-state index in [0.717, 1.165) is 24.2 Å². The summed E-state index contributed by atoms with van der Waals surface area (Å²) in [6.45, 7) is 4.12. The lowest BCUT2D eigenvalue weighted by atomic mass is 10.1. The lowest BCUT2D eigenvalue weighted by Crippen LogP contribution is -2.12. The summed E-state index contributed by atoms with van der Waals surface area (Å²) in [5.74, 6) is 1.36. The molecule has 2 aromatic heterocycles. The molecule has 1 atom stereocenters. The van der Waals surface area contributed by atoms with Gasteiger partial charge in [-0.3, -0.25) is 0 Å². The molecular weight excluding hydrogens is 244 g/mol. The van der Waals surface area contributed by atoms with Crippen LogP contribution in [0.15, 0.2) is 23.8 Å². The van der Waals surface area contributed by atoms with Crippen molar-refractivity contribution in [1.82, 2.24) is 9.97 Å². The number of nitrogens with two attached hydrogens (primary N) is 1. The van der Waals surface area contributed by atoms with E-state index in [1.807, 2.05) is 6.92 Å². The molecule has 0 spiro atoms. The number of nitrogens with one attached hydrogen (secondary N) is 1. The summed E-state index contributed by atoms with van der Waals surface area (Å²) in [7, 11) is 0. The monoisotopic (exact) mass is 262 g/mol. The van der Waals surface area contributed by atoms with E-state index in [1.54, 1.807) is 11.3 Å². The third kappa shape index (κ3) is 2.79. The largest absolute Gasteiger partial charge is 0.383 e. The normalized spacial score (nSPS) is 12.3. The highest BCUT2D eigenvalue weighted by atomic mass is 32.1. The average Bonchev–Trinajstić information content (AvgIpc) is 2.88. The SMILES string of the molecule is CCCC(Nc1ncnc(N)c1C)c1cccs1. The highest BCUT2D eigenvalue weighted by Crippen LogP contribution is 2.28. The summed E-state index contributed by atoms with van der Waals surface area (Å²) in [4.78, 5) is 9.59. The standard InChI is InChI=1S/C13H18N4S/c1-3-5-10(11-6-4-7-18-11)17-13-9(2)12(14)15-8-16-13/h4,6-8,10H,3,5H2,1-2H3,(H3,14,15,16,17). The van der Waals surface area contributed by atoms with E-state index < -0.39 is 0 Å².